The van der Waals surface area contributed by atoms with Crippen molar-refractivity contribution in [1.29, 1.82) is 0 Å². The van der Waals surface area contributed by atoms with E-state index in [0.29, 0.717) is 0 Å². The zero-order valence-electron chi connectivity index (χ0n) is 12.4. The van der Waals surface area contributed by atoms with E-state index in [9.17, 15) is 9.18 Å². The molecular formula is C15H26FN3O. The minimum atomic E-state index is 0.0307. The van der Waals surface area contributed by atoms with Crippen molar-refractivity contribution in [1.82, 2.24) is 15.1 Å². The highest BCUT2D eigenvalue weighted by Gasteiger charge is 2.23. The zero-order valence-corrected chi connectivity index (χ0v) is 12.4. The first kappa shape index (κ1) is 15.4. The molecule has 0 saturated carbocycles. The normalized spacial score (nSPS) is 25.3. The molecule has 0 radical (unpaired) electrons. The quantitative estimate of drug-likeness (QED) is 0.828. The third kappa shape index (κ3) is 4.87. The van der Waals surface area contributed by atoms with Gasteiger partial charge in [-0.2, -0.15) is 0 Å². The Balaban J connectivity index is 1.65. The largest absolute Gasteiger partial charge is 0.355 e. The van der Waals surface area contributed by atoms with Crippen molar-refractivity contribution in [2.24, 2.45) is 5.92 Å². The van der Waals surface area contributed by atoms with E-state index in [1.54, 1.807) is 13.0 Å². The molecule has 20 heavy (non-hydrogen) atoms. The molecule has 114 valence electrons. The summed E-state index contributed by atoms with van der Waals surface area (Å²) in [6.45, 7) is 8.06. The number of hydrogen-bond donors (Lipinski definition) is 1. The number of allylic oxidation sites excluding steroid dienone is 1. The lowest BCUT2D eigenvalue weighted by Gasteiger charge is -2.36. The molecule has 1 amide bonds. The first-order chi connectivity index (χ1) is 9.65. The van der Waals surface area contributed by atoms with Crippen molar-refractivity contribution < 1.29 is 9.18 Å². The maximum Gasteiger partial charge on any atom is 0.216 e. The average Bonchev–Trinajstić information content (AvgIpc) is 2.43. The van der Waals surface area contributed by atoms with Crippen LogP contribution >= 0.6 is 0 Å². The molecule has 1 atom stereocenters. The molecule has 2 rings (SSSR count). The molecule has 1 N–H and O–H groups in total. The Kier molecular flexibility index (Phi) is 5.98. The van der Waals surface area contributed by atoms with Gasteiger partial charge in [-0.1, -0.05) is 6.08 Å². The Labute approximate surface area is 121 Å². The minimum absolute atomic E-state index is 0.0307. The van der Waals surface area contributed by atoms with Crippen LogP contribution in [0.1, 0.15) is 26.2 Å². The van der Waals surface area contributed by atoms with E-state index in [4.69, 9.17) is 0 Å². The van der Waals surface area contributed by atoms with Crippen LogP contribution in [0.5, 0.6) is 0 Å². The summed E-state index contributed by atoms with van der Waals surface area (Å²) in [6.07, 6.45) is 4.77. The molecule has 1 aliphatic carbocycles. The van der Waals surface area contributed by atoms with Crippen LogP contribution in [0.15, 0.2) is 11.9 Å². The second-order valence-corrected chi connectivity index (χ2v) is 5.84. The van der Waals surface area contributed by atoms with Gasteiger partial charge in [0.05, 0.1) is 0 Å². The summed E-state index contributed by atoms with van der Waals surface area (Å²) in [4.78, 5) is 15.5. The standard InChI is InChI=1S/C15H26FN3O/c1-13(20)17-6-7-18-8-10-19(11-9-18)12-14-4-2-3-5-15(14)16/h5,14H,2-4,6-12H2,1H3,(H,17,20). The van der Waals surface area contributed by atoms with Crippen LogP contribution in [0.3, 0.4) is 0 Å². The van der Waals surface area contributed by atoms with Crippen molar-refractivity contribution >= 4 is 5.91 Å². The topological polar surface area (TPSA) is 35.6 Å². The molecule has 0 aromatic heterocycles. The maximum absolute atomic E-state index is 13.7. The number of rotatable bonds is 5. The van der Waals surface area contributed by atoms with E-state index < -0.39 is 0 Å². The number of hydrogen-bond acceptors (Lipinski definition) is 3. The van der Waals surface area contributed by atoms with E-state index >= 15 is 0 Å². The van der Waals surface area contributed by atoms with Crippen LogP contribution in [0.2, 0.25) is 0 Å². The monoisotopic (exact) mass is 283 g/mol. The summed E-state index contributed by atoms with van der Waals surface area (Å²) in [5, 5.41) is 2.82. The van der Waals surface area contributed by atoms with Crippen molar-refractivity contribution in [3.63, 3.8) is 0 Å². The van der Waals surface area contributed by atoms with Gasteiger partial charge < -0.3 is 10.2 Å². The zero-order chi connectivity index (χ0) is 14.4. The molecule has 4 nitrogen and oxygen atoms in total. The molecule has 5 heteroatoms. The molecular weight excluding hydrogens is 257 g/mol. The van der Waals surface area contributed by atoms with Gasteiger partial charge in [-0.15, -0.1) is 0 Å². The van der Waals surface area contributed by atoms with Gasteiger partial charge in [-0.05, 0) is 19.3 Å². The Hall–Kier alpha value is -0.940. The summed E-state index contributed by atoms with van der Waals surface area (Å²) >= 11 is 0. The van der Waals surface area contributed by atoms with Crippen molar-refractivity contribution in [2.75, 3.05) is 45.8 Å². The van der Waals surface area contributed by atoms with E-state index in [1.165, 1.54) is 0 Å². The summed E-state index contributed by atoms with van der Waals surface area (Å²) in [5.41, 5.74) is 0. The maximum atomic E-state index is 13.7. The second-order valence-electron chi connectivity index (χ2n) is 5.84. The van der Waals surface area contributed by atoms with Crippen LogP contribution in [-0.2, 0) is 4.79 Å². The fourth-order valence-electron chi connectivity index (χ4n) is 2.98. The molecule has 0 aromatic carbocycles. The fourth-order valence-corrected chi connectivity index (χ4v) is 2.98. The number of amides is 1. The summed E-state index contributed by atoms with van der Waals surface area (Å²) < 4.78 is 13.7. The molecule has 0 aromatic rings. The Morgan fingerprint density at radius 1 is 1.35 bits per heavy atom. The molecule has 1 heterocycles. The lowest BCUT2D eigenvalue weighted by molar-refractivity contribution is -0.119. The van der Waals surface area contributed by atoms with Gasteiger partial charge in [-0.3, -0.25) is 9.69 Å². The molecule has 0 bridgehead atoms. The highest BCUT2D eigenvalue weighted by atomic mass is 19.1. The number of carbonyl (C=O) groups excluding carboxylic acids is 1. The number of halogens is 1. The van der Waals surface area contributed by atoms with Gasteiger partial charge in [-0.25, -0.2) is 4.39 Å². The molecule has 1 unspecified atom stereocenters. The van der Waals surface area contributed by atoms with Crippen LogP contribution in [0, 0.1) is 5.92 Å². The number of carbonyl (C=O) groups is 1. The average molecular weight is 283 g/mol. The van der Waals surface area contributed by atoms with E-state index in [1.807, 2.05) is 0 Å². The summed E-state index contributed by atoms with van der Waals surface area (Å²) in [7, 11) is 0. The smallest absolute Gasteiger partial charge is 0.216 e. The van der Waals surface area contributed by atoms with Crippen LogP contribution in [0.25, 0.3) is 0 Å². The Morgan fingerprint density at radius 3 is 2.70 bits per heavy atom. The predicted molar refractivity (Wildman–Crippen MR) is 78.1 cm³/mol. The Bertz CT molecular complexity index is 351. The van der Waals surface area contributed by atoms with Crippen LogP contribution < -0.4 is 5.32 Å². The van der Waals surface area contributed by atoms with Gasteiger partial charge >= 0.3 is 0 Å². The predicted octanol–water partition coefficient (Wildman–Crippen LogP) is 1.39. The van der Waals surface area contributed by atoms with Crippen molar-refractivity contribution in [3.8, 4) is 0 Å². The molecule has 1 aliphatic heterocycles. The highest BCUT2D eigenvalue weighted by Crippen LogP contribution is 2.26. The Morgan fingerprint density at radius 2 is 2.05 bits per heavy atom. The van der Waals surface area contributed by atoms with Crippen molar-refractivity contribution in [2.45, 2.75) is 26.2 Å². The minimum Gasteiger partial charge on any atom is -0.355 e. The van der Waals surface area contributed by atoms with Gasteiger partial charge in [0.2, 0.25) is 5.91 Å². The van der Waals surface area contributed by atoms with Gasteiger partial charge in [0, 0.05) is 58.7 Å². The summed E-state index contributed by atoms with van der Waals surface area (Å²) in [5.74, 6) is 0.252. The lowest BCUT2D eigenvalue weighted by Crippen LogP contribution is -2.49. The first-order valence-electron chi connectivity index (χ1n) is 7.70. The number of nitrogens with one attached hydrogen (secondary N) is 1. The summed E-state index contributed by atoms with van der Waals surface area (Å²) in [6, 6.07) is 0. The first-order valence-corrected chi connectivity index (χ1v) is 7.70. The molecule has 2 aliphatic rings. The van der Waals surface area contributed by atoms with Crippen LogP contribution in [0.4, 0.5) is 4.39 Å². The number of nitrogens with zero attached hydrogens (tertiary/aromatic N) is 2. The molecule has 0 spiro atoms. The lowest BCUT2D eigenvalue weighted by atomic mass is 9.94. The third-order valence-electron chi connectivity index (χ3n) is 4.23. The van der Waals surface area contributed by atoms with E-state index in [-0.39, 0.29) is 17.7 Å². The fraction of sp³-hybridized carbons (Fsp3) is 0.800. The SMILES string of the molecule is CC(=O)NCCN1CCN(CC2CCCC=C2F)CC1. The second kappa shape index (κ2) is 7.74. The molecule has 1 fully saturated rings. The van der Waals surface area contributed by atoms with Gasteiger partial charge in [0.25, 0.3) is 0 Å². The van der Waals surface area contributed by atoms with Crippen LogP contribution in [-0.4, -0.2) is 61.5 Å². The van der Waals surface area contributed by atoms with Crippen molar-refractivity contribution in [3.05, 3.63) is 11.9 Å². The van der Waals surface area contributed by atoms with Gasteiger partial charge in [0.1, 0.15) is 5.83 Å². The third-order valence-corrected chi connectivity index (χ3v) is 4.23. The number of piperazine rings is 1. The molecule has 1 saturated heterocycles. The van der Waals surface area contributed by atoms with E-state index in [2.05, 4.69) is 15.1 Å². The van der Waals surface area contributed by atoms with Gasteiger partial charge in [0.15, 0.2) is 0 Å². The van der Waals surface area contributed by atoms with E-state index in [0.717, 1.165) is 65.1 Å². The highest BCUT2D eigenvalue weighted by molar-refractivity contribution is 5.72.